The highest BCUT2D eigenvalue weighted by molar-refractivity contribution is 5.25. The SMILES string of the molecule is C=CO[C@H](c1ccccc1)[C@@H](OCC(C)C)c1ccccc1. The molecule has 0 heterocycles. The number of benzene rings is 2. The van der Waals surface area contributed by atoms with Gasteiger partial charge in [0.2, 0.25) is 0 Å². The summed E-state index contributed by atoms with van der Waals surface area (Å²) in [7, 11) is 0. The van der Waals surface area contributed by atoms with Crippen LogP contribution in [-0.2, 0) is 9.47 Å². The molecule has 2 heteroatoms. The quantitative estimate of drug-likeness (QED) is 0.615. The van der Waals surface area contributed by atoms with Crippen molar-refractivity contribution in [2.75, 3.05) is 6.61 Å². The molecule has 0 amide bonds. The summed E-state index contributed by atoms with van der Waals surface area (Å²) < 4.78 is 12.0. The van der Waals surface area contributed by atoms with Gasteiger partial charge in [0, 0.05) is 6.61 Å². The number of hydrogen-bond acceptors (Lipinski definition) is 2. The van der Waals surface area contributed by atoms with Crippen molar-refractivity contribution >= 4 is 0 Å². The highest BCUT2D eigenvalue weighted by atomic mass is 16.5. The van der Waals surface area contributed by atoms with E-state index in [9.17, 15) is 0 Å². The Labute approximate surface area is 133 Å². The molecule has 2 atom stereocenters. The minimum absolute atomic E-state index is 0.163. The van der Waals surface area contributed by atoms with E-state index in [2.05, 4.69) is 44.7 Å². The molecule has 0 aliphatic rings. The molecule has 0 unspecified atom stereocenters. The van der Waals surface area contributed by atoms with Gasteiger partial charge in [-0.15, -0.1) is 0 Å². The number of ether oxygens (including phenoxy) is 2. The summed E-state index contributed by atoms with van der Waals surface area (Å²) in [5.74, 6) is 0.464. The molecule has 0 N–H and O–H groups in total. The van der Waals surface area contributed by atoms with Crippen molar-refractivity contribution in [1.82, 2.24) is 0 Å². The second-order valence-electron chi connectivity index (χ2n) is 5.69. The summed E-state index contributed by atoms with van der Waals surface area (Å²) in [4.78, 5) is 0. The highest BCUT2D eigenvalue weighted by Crippen LogP contribution is 2.35. The van der Waals surface area contributed by atoms with E-state index < -0.39 is 0 Å². The lowest BCUT2D eigenvalue weighted by Crippen LogP contribution is -2.18. The molecule has 0 saturated heterocycles. The van der Waals surface area contributed by atoms with Gasteiger partial charge >= 0.3 is 0 Å². The van der Waals surface area contributed by atoms with Crippen molar-refractivity contribution < 1.29 is 9.47 Å². The van der Waals surface area contributed by atoms with Crippen LogP contribution in [0.5, 0.6) is 0 Å². The van der Waals surface area contributed by atoms with Crippen LogP contribution in [0.2, 0.25) is 0 Å². The first-order valence-corrected chi connectivity index (χ1v) is 7.70. The molecule has 0 aliphatic carbocycles. The zero-order chi connectivity index (χ0) is 15.8. The smallest absolute Gasteiger partial charge is 0.153 e. The lowest BCUT2D eigenvalue weighted by Gasteiger charge is -2.28. The van der Waals surface area contributed by atoms with Crippen LogP contribution in [0.15, 0.2) is 73.5 Å². The highest BCUT2D eigenvalue weighted by Gasteiger charge is 2.26. The molecule has 22 heavy (non-hydrogen) atoms. The predicted octanol–water partition coefficient (Wildman–Crippen LogP) is 5.30. The average Bonchev–Trinajstić information content (AvgIpc) is 2.55. The maximum absolute atomic E-state index is 6.19. The first-order valence-electron chi connectivity index (χ1n) is 7.70. The van der Waals surface area contributed by atoms with Crippen LogP contribution in [-0.4, -0.2) is 6.61 Å². The normalized spacial score (nSPS) is 13.6. The fourth-order valence-corrected chi connectivity index (χ4v) is 2.37. The molecule has 0 radical (unpaired) electrons. The fraction of sp³-hybridized carbons (Fsp3) is 0.300. The van der Waals surface area contributed by atoms with Gasteiger partial charge in [0.05, 0.1) is 6.26 Å². The lowest BCUT2D eigenvalue weighted by atomic mass is 9.98. The summed E-state index contributed by atoms with van der Waals surface area (Å²) in [6.07, 6.45) is 1.12. The Balaban J connectivity index is 2.33. The average molecular weight is 296 g/mol. The van der Waals surface area contributed by atoms with E-state index >= 15 is 0 Å². The summed E-state index contributed by atoms with van der Waals surface area (Å²) in [6, 6.07) is 20.4. The lowest BCUT2D eigenvalue weighted by molar-refractivity contribution is -0.0554. The third-order valence-corrected chi connectivity index (χ3v) is 3.38. The van der Waals surface area contributed by atoms with E-state index in [0.717, 1.165) is 11.1 Å². The monoisotopic (exact) mass is 296 g/mol. The van der Waals surface area contributed by atoms with E-state index in [1.54, 1.807) is 0 Å². The minimum Gasteiger partial charge on any atom is -0.491 e. The van der Waals surface area contributed by atoms with Gasteiger partial charge in [0.25, 0.3) is 0 Å². The van der Waals surface area contributed by atoms with E-state index in [-0.39, 0.29) is 12.2 Å². The second-order valence-corrected chi connectivity index (χ2v) is 5.69. The zero-order valence-electron chi connectivity index (χ0n) is 13.3. The predicted molar refractivity (Wildman–Crippen MR) is 90.4 cm³/mol. The molecule has 2 nitrogen and oxygen atoms in total. The van der Waals surface area contributed by atoms with Gasteiger partial charge in [-0.25, -0.2) is 0 Å². The van der Waals surface area contributed by atoms with E-state index in [1.807, 2.05) is 36.4 Å². The molecule has 2 aromatic carbocycles. The van der Waals surface area contributed by atoms with Crippen LogP contribution in [0.25, 0.3) is 0 Å². The van der Waals surface area contributed by atoms with Crippen LogP contribution in [0.4, 0.5) is 0 Å². The Kier molecular flexibility index (Phi) is 6.23. The molecule has 0 aliphatic heterocycles. The van der Waals surface area contributed by atoms with E-state index in [1.165, 1.54) is 6.26 Å². The zero-order valence-corrected chi connectivity index (χ0v) is 13.3. The van der Waals surface area contributed by atoms with Gasteiger partial charge in [-0.1, -0.05) is 81.1 Å². The van der Waals surface area contributed by atoms with Crippen LogP contribution in [0.1, 0.15) is 37.2 Å². The third kappa shape index (κ3) is 4.47. The van der Waals surface area contributed by atoms with Crippen molar-refractivity contribution in [2.24, 2.45) is 5.92 Å². The van der Waals surface area contributed by atoms with Gasteiger partial charge in [0.15, 0.2) is 6.10 Å². The van der Waals surface area contributed by atoms with Crippen molar-refractivity contribution in [3.8, 4) is 0 Å². The molecule has 0 saturated carbocycles. The third-order valence-electron chi connectivity index (χ3n) is 3.38. The molecular weight excluding hydrogens is 272 g/mol. The van der Waals surface area contributed by atoms with E-state index in [4.69, 9.17) is 9.47 Å². The summed E-state index contributed by atoms with van der Waals surface area (Å²) in [5, 5.41) is 0. The van der Waals surface area contributed by atoms with Crippen molar-refractivity contribution in [3.63, 3.8) is 0 Å². The van der Waals surface area contributed by atoms with Crippen molar-refractivity contribution in [3.05, 3.63) is 84.6 Å². The van der Waals surface area contributed by atoms with Gasteiger partial charge in [-0.05, 0) is 17.0 Å². The summed E-state index contributed by atoms with van der Waals surface area (Å²) in [5.41, 5.74) is 2.19. The molecule has 2 rings (SSSR count). The van der Waals surface area contributed by atoms with Crippen LogP contribution in [0, 0.1) is 5.92 Å². The molecular formula is C20H24O2. The fourth-order valence-electron chi connectivity index (χ4n) is 2.37. The number of hydrogen-bond donors (Lipinski definition) is 0. The molecule has 116 valence electrons. The first-order chi connectivity index (χ1) is 10.7. The Morgan fingerprint density at radius 1 is 0.864 bits per heavy atom. The van der Waals surface area contributed by atoms with Gasteiger partial charge < -0.3 is 9.47 Å². The van der Waals surface area contributed by atoms with Crippen molar-refractivity contribution in [1.29, 1.82) is 0 Å². The van der Waals surface area contributed by atoms with Gasteiger partial charge in [-0.3, -0.25) is 0 Å². The van der Waals surface area contributed by atoms with E-state index in [0.29, 0.717) is 12.5 Å². The molecule has 0 aromatic heterocycles. The minimum atomic E-state index is -0.208. The van der Waals surface area contributed by atoms with Gasteiger partial charge in [-0.2, -0.15) is 0 Å². The summed E-state index contributed by atoms with van der Waals surface area (Å²) in [6.45, 7) is 8.70. The molecule has 2 aromatic rings. The largest absolute Gasteiger partial charge is 0.491 e. The van der Waals surface area contributed by atoms with Crippen molar-refractivity contribution in [2.45, 2.75) is 26.1 Å². The Hall–Kier alpha value is -2.06. The maximum atomic E-state index is 6.19. The van der Waals surface area contributed by atoms with Crippen LogP contribution in [0.3, 0.4) is 0 Å². The maximum Gasteiger partial charge on any atom is 0.153 e. The van der Waals surface area contributed by atoms with Crippen LogP contribution < -0.4 is 0 Å². The standard InChI is InChI=1S/C20H24O2/c1-4-21-19(17-11-7-5-8-12-17)20(22-15-16(2)3)18-13-9-6-10-14-18/h4-14,16,19-20H,1,15H2,2-3H3/t19-,20+/m1/s1. The molecule has 0 fully saturated rings. The molecule has 0 bridgehead atoms. The Bertz CT molecular complexity index is 548. The molecule has 0 spiro atoms. The Morgan fingerprint density at radius 2 is 1.36 bits per heavy atom. The van der Waals surface area contributed by atoms with Gasteiger partial charge in [0.1, 0.15) is 6.10 Å². The first kappa shape index (κ1) is 16.3. The van der Waals surface area contributed by atoms with Crippen LogP contribution >= 0.6 is 0 Å². The number of rotatable bonds is 8. The Morgan fingerprint density at radius 3 is 1.82 bits per heavy atom. The topological polar surface area (TPSA) is 18.5 Å². The summed E-state index contributed by atoms with van der Waals surface area (Å²) >= 11 is 0. The second kappa shape index (κ2) is 8.40.